The van der Waals surface area contributed by atoms with Crippen molar-refractivity contribution in [1.29, 1.82) is 0 Å². The molecule has 0 spiro atoms. The smallest absolute Gasteiger partial charge is 0.308 e. The van der Waals surface area contributed by atoms with Crippen molar-refractivity contribution >= 4 is 35.1 Å². The van der Waals surface area contributed by atoms with Crippen LogP contribution in [0.3, 0.4) is 0 Å². The van der Waals surface area contributed by atoms with Crippen LogP contribution in [0.2, 0.25) is 0 Å². The van der Waals surface area contributed by atoms with Crippen LogP contribution in [0.4, 0.5) is 0 Å². The number of amides is 2. The Morgan fingerprint density at radius 2 is 1.80 bits per heavy atom. The van der Waals surface area contributed by atoms with Crippen LogP contribution in [0, 0.1) is 0 Å². The van der Waals surface area contributed by atoms with E-state index < -0.39 is 17.9 Å². The van der Waals surface area contributed by atoms with Gasteiger partial charge in [0.2, 0.25) is 5.91 Å². The van der Waals surface area contributed by atoms with Gasteiger partial charge in [-0.05, 0) is 49.0 Å². The zero-order valence-corrected chi connectivity index (χ0v) is 20.3. The van der Waals surface area contributed by atoms with Crippen molar-refractivity contribution in [3.05, 3.63) is 60.2 Å². The number of nitrogens with one attached hydrogen (secondary N) is 2. The molecule has 3 rings (SSSR count). The summed E-state index contributed by atoms with van der Waals surface area (Å²) in [5.74, 6) is -0.101. The van der Waals surface area contributed by atoms with Gasteiger partial charge in [0.05, 0.1) is 13.0 Å². The highest BCUT2D eigenvalue weighted by molar-refractivity contribution is 7.80. The molecule has 0 radical (unpaired) electrons. The first-order chi connectivity index (χ1) is 17.0. The van der Waals surface area contributed by atoms with E-state index in [0.29, 0.717) is 36.8 Å². The average molecular weight is 500 g/mol. The van der Waals surface area contributed by atoms with Gasteiger partial charge in [0, 0.05) is 18.7 Å². The van der Waals surface area contributed by atoms with Crippen molar-refractivity contribution in [3.8, 4) is 11.5 Å². The quantitative estimate of drug-likeness (QED) is 0.291. The molecule has 186 valence electrons. The molecular weight excluding hydrogens is 470 g/mol. The van der Waals surface area contributed by atoms with Gasteiger partial charge in [0.15, 0.2) is 5.11 Å². The zero-order valence-electron chi connectivity index (χ0n) is 19.5. The van der Waals surface area contributed by atoms with E-state index in [2.05, 4.69) is 10.6 Å². The predicted molar refractivity (Wildman–Crippen MR) is 133 cm³/mol. The van der Waals surface area contributed by atoms with Crippen LogP contribution in [-0.4, -0.2) is 66.7 Å². The Kier molecular flexibility index (Phi) is 9.85. The van der Waals surface area contributed by atoms with Crippen LogP contribution in [0.5, 0.6) is 11.5 Å². The van der Waals surface area contributed by atoms with E-state index in [4.69, 9.17) is 26.4 Å². The molecule has 2 amide bonds. The number of rotatable bonds is 10. The first-order valence-electron chi connectivity index (χ1n) is 11.4. The molecule has 0 saturated carbocycles. The van der Waals surface area contributed by atoms with E-state index in [-0.39, 0.29) is 30.7 Å². The third kappa shape index (κ3) is 7.96. The van der Waals surface area contributed by atoms with E-state index in [0.717, 1.165) is 6.42 Å². The van der Waals surface area contributed by atoms with Gasteiger partial charge in [-0.25, -0.2) is 0 Å². The van der Waals surface area contributed by atoms with Crippen LogP contribution < -0.4 is 20.1 Å². The first-order valence-corrected chi connectivity index (χ1v) is 11.8. The summed E-state index contributed by atoms with van der Waals surface area (Å²) in [7, 11) is 0. The fourth-order valence-corrected chi connectivity index (χ4v) is 3.71. The number of carbonyl (C=O) groups is 3. The lowest BCUT2D eigenvalue weighted by molar-refractivity contribution is -0.148. The maximum atomic E-state index is 12.7. The van der Waals surface area contributed by atoms with Crippen LogP contribution in [0.1, 0.15) is 30.1 Å². The molecule has 1 unspecified atom stereocenters. The highest BCUT2D eigenvalue weighted by Crippen LogP contribution is 2.15. The maximum Gasteiger partial charge on any atom is 0.308 e. The number of esters is 1. The molecule has 1 saturated heterocycles. The van der Waals surface area contributed by atoms with Crippen molar-refractivity contribution in [2.24, 2.45) is 0 Å². The first kappa shape index (κ1) is 26.0. The molecule has 2 aromatic carbocycles. The molecule has 0 aromatic heterocycles. The topological polar surface area (TPSA) is 106 Å². The number of ether oxygens (including phenoxy) is 3. The van der Waals surface area contributed by atoms with Gasteiger partial charge in [-0.1, -0.05) is 31.2 Å². The van der Waals surface area contributed by atoms with E-state index in [1.54, 1.807) is 36.4 Å². The molecule has 1 fully saturated rings. The second kappa shape index (κ2) is 13.3. The number of piperazine rings is 1. The van der Waals surface area contributed by atoms with E-state index in [9.17, 15) is 14.4 Å². The number of para-hydroxylation sites is 1. The monoisotopic (exact) mass is 499 g/mol. The minimum absolute atomic E-state index is 0.0414. The number of thiocarbonyl (C=S) groups is 1. The van der Waals surface area contributed by atoms with Crippen LogP contribution in [0.15, 0.2) is 54.6 Å². The Balaban J connectivity index is 1.53. The number of nitrogens with zero attached hydrogens (tertiary/aromatic N) is 1. The molecule has 1 aliphatic heterocycles. The standard InChI is InChI=1S/C25H29N3O6S/c1-2-13-32-20-10-6-7-18(16-20)23(30)27-25(35)28-12-11-26-24(31)21(28)17-22(29)34-15-14-33-19-8-4-3-5-9-19/h3-10,16,21H,2,11-15,17H2,1H3,(H,26,31)(H,27,30,35). The van der Waals surface area contributed by atoms with Gasteiger partial charge in [-0.2, -0.15) is 0 Å². The third-order valence-corrected chi connectivity index (χ3v) is 5.44. The largest absolute Gasteiger partial charge is 0.494 e. The Labute approximate surface area is 209 Å². The van der Waals surface area contributed by atoms with Crippen molar-refractivity contribution in [3.63, 3.8) is 0 Å². The number of carbonyl (C=O) groups excluding carboxylic acids is 3. The molecule has 2 aromatic rings. The number of benzene rings is 2. The van der Waals surface area contributed by atoms with Gasteiger partial charge in [-0.3, -0.25) is 19.7 Å². The molecule has 10 heteroatoms. The SMILES string of the molecule is CCCOc1cccc(C(=O)NC(=S)N2CCNC(=O)C2CC(=O)OCCOc2ccccc2)c1. The number of hydrogen-bond donors (Lipinski definition) is 2. The molecule has 2 N–H and O–H groups in total. The van der Waals surface area contributed by atoms with Crippen molar-refractivity contribution in [2.75, 3.05) is 32.9 Å². The van der Waals surface area contributed by atoms with Crippen molar-refractivity contribution in [2.45, 2.75) is 25.8 Å². The summed E-state index contributed by atoms with van der Waals surface area (Å²) in [5, 5.41) is 5.44. The van der Waals surface area contributed by atoms with E-state index in [1.807, 2.05) is 25.1 Å². The van der Waals surface area contributed by atoms with Crippen LogP contribution >= 0.6 is 12.2 Å². The van der Waals surface area contributed by atoms with Gasteiger partial charge >= 0.3 is 5.97 Å². The summed E-state index contributed by atoms with van der Waals surface area (Å²) in [5.41, 5.74) is 0.372. The molecule has 35 heavy (non-hydrogen) atoms. The summed E-state index contributed by atoms with van der Waals surface area (Å²) < 4.78 is 16.3. The lowest BCUT2D eigenvalue weighted by atomic mass is 10.1. The molecule has 0 bridgehead atoms. The second-order valence-corrected chi connectivity index (χ2v) is 8.11. The molecule has 0 aliphatic carbocycles. The maximum absolute atomic E-state index is 12.7. The average Bonchev–Trinajstić information content (AvgIpc) is 2.87. The summed E-state index contributed by atoms with van der Waals surface area (Å²) in [6.45, 7) is 3.45. The summed E-state index contributed by atoms with van der Waals surface area (Å²) in [6, 6.07) is 15.0. The molecule has 1 atom stereocenters. The number of hydrogen-bond acceptors (Lipinski definition) is 7. The summed E-state index contributed by atoms with van der Waals surface area (Å²) in [6.07, 6.45) is 0.634. The fraction of sp³-hybridized carbons (Fsp3) is 0.360. The minimum atomic E-state index is -0.890. The minimum Gasteiger partial charge on any atom is -0.494 e. The van der Waals surface area contributed by atoms with E-state index >= 15 is 0 Å². The van der Waals surface area contributed by atoms with Gasteiger partial charge < -0.3 is 24.4 Å². The Hall–Kier alpha value is -3.66. The van der Waals surface area contributed by atoms with Gasteiger partial charge in [0.25, 0.3) is 5.91 Å². The molecule has 9 nitrogen and oxygen atoms in total. The Morgan fingerprint density at radius 3 is 2.57 bits per heavy atom. The Morgan fingerprint density at radius 1 is 1.06 bits per heavy atom. The zero-order chi connectivity index (χ0) is 25.0. The van der Waals surface area contributed by atoms with Crippen LogP contribution in [0.25, 0.3) is 0 Å². The highest BCUT2D eigenvalue weighted by atomic mass is 32.1. The molecular formula is C25H29N3O6S. The van der Waals surface area contributed by atoms with Gasteiger partial charge in [-0.15, -0.1) is 0 Å². The molecule has 1 aliphatic rings. The predicted octanol–water partition coefficient (Wildman–Crippen LogP) is 2.30. The normalized spacial score (nSPS) is 15.1. The van der Waals surface area contributed by atoms with E-state index in [1.165, 1.54) is 4.90 Å². The summed E-state index contributed by atoms with van der Waals surface area (Å²) in [4.78, 5) is 39.1. The Bertz CT molecular complexity index is 1030. The lowest BCUT2D eigenvalue weighted by Crippen LogP contribution is -2.60. The van der Waals surface area contributed by atoms with Crippen molar-refractivity contribution < 1.29 is 28.6 Å². The molecule has 1 heterocycles. The fourth-order valence-electron chi connectivity index (χ4n) is 3.40. The lowest BCUT2D eigenvalue weighted by Gasteiger charge is -2.36. The third-order valence-electron chi connectivity index (χ3n) is 5.10. The van der Waals surface area contributed by atoms with Crippen molar-refractivity contribution in [1.82, 2.24) is 15.5 Å². The van der Waals surface area contributed by atoms with Crippen LogP contribution in [-0.2, 0) is 14.3 Å². The van der Waals surface area contributed by atoms with Gasteiger partial charge in [0.1, 0.15) is 30.8 Å². The highest BCUT2D eigenvalue weighted by Gasteiger charge is 2.34. The summed E-state index contributed by atoms with van der Waals surface area (Å²) >= 11 is 5.41. The second-order valence-electron chi connectivity index (χ2n) is 7.72.